The monoisotopic (exact) mass is 397 g/mol. The predicted molar refractivity (Wildman–Crippen MR) is 85.9 cm³/mol. The highest BCUT2D eigenvalue weighted by atomic mass is 79.9. The Bertz CT molecular complexity index is 582. The van der Waals surface area contributed by atoms with Crippen molar-refractivity contribution in [3.63, 3.8) is 0 Å². The van der Waals surface area contributed by atoms with Crippen LogP contribution in [0.2, 0.25) is 5.02 Å². The van der Waals surface area contributed by atoms with E-state index in [4.69, 9.17) is 11.6 Å². The second-order valence-corrected chi connectivity index (χ2v) is 10.6. The molecule has 1 saturated carbocycles. The third kappa shape index (κ3) is 2.82. The van der Waals surface area contributed by atoms with Gasteiger partial charge in [-0.25, -0.2) is 8.42 Å². The van der Waals surface area contributed by atoms with Gasteiger partial charge in [0.25, 0.3) is 10.0 Å². The molecule has 0 bridgehead atoms. The van der Waals surface area contributed by atoms with E-state index in [-0.39, 0.29) is 0 Å². The van der Waals surface area contributed by atoms with Crippen molar-refractivity contribution in [2.24, 2.45) is 11.8 Å². The normalized spacial score (nSPS) is 28.3. The lowest BCUT2D eigenvalue weighted by Gasteiger charge is -2.40. The number of sulfonamides is 1. The molecule has 1 aliphatic heterocycles. The van der Waals surface area contributed by atoms with Crippen LogP contribution in [-0.4, -0.2) is 25.8 Å². The summed E-state index contributed by atoms with van der Waals surface area (Å²) in [6.45, 7) is 1.33. The Morgan fingerprint density at radius 1 is 1.25 bits per heavy atom. The summed E-state index contributed by atoms with van der Waals surface area (Å²) in [6.07, 6.45) is 6.00. The van der Waals surface area contributed by atoms with Crippen LogP contribution in [0.1, 0.15) is 32.1 Å². The van der Waals surface area contributed by atoms with Gasteiger partial charge in [-0.2, -0.15) is 4.31 Å². The molecule has 3 rings (SSSR count). The van der Waals surface area contributed by atoms with Crippen molar-refractivity contribution in [2.75, 3.05) is 13.1 Å². The molecule has 1 saturated heterocycles. The third-order valence-corrected chi connectivity index (χ3v) is 9.26. The average Bonchev–Trinajstić information content (AvgIpc) is 2.79. The van der Waals surface area contributed by atoms with Crippen LogP contribution in [0, 0.1) is 11.8 Å². The lowest BCUT2D eigenvalue weighted by Crippen LogP contribution is -2.44. The molecule has 7 heteroatoms. The lowest BCUT2D eigenvalue weighted by atomic mass is 9.76. The topological polar surface area (TPSA) is 37.4 Å². The van der Waals surface area contributed by atoms with Crippen molar-refractivity contribution in [1.29, 1.82) is 0 Å². The van der Waals surface area contributed by atoms with Crippen LogP contribution in [0.5, 0.6) is 0 Å². The van der Waals surface area contributed by atoms with Gasteiger partial charge in [0.1, 0.15) is 4.21 Å². The number of piperidine rings is 1. The second-order valence-electron chi connectivity index (χ2n) is 5.64. The van der Waals surface area contributed by atoms with Crippen molar-refractivity contribution < 1.29 is 8.42 Å². The Hall–Kier alpha value is 0.380. The zero-order chi connectivity index (χ0) is 14.3. The predicted octanol–water partition coefficient (Wildman–Crippen LogP) is 4.36. The Morgan fingerprint density at radius 3 is 2.60 bits per heavy atom. The van der Waals surface area contributed by atoms with Gasteiger partial charge in [-0.15, -0.1) is 11.3 Å². The molecule has 2 fully saturated rings. The molecule has 1 aromatic heterocycles. The lowest BCUT2D eigenvalue weighted by molar-refractivity contribution is 0.136. The first kappa shape index (κ1) is 15.3. The van der Waals surface area contributed by atoms with E-state index < -0.39 is 10.0 Å². The summed E-state index contributed by atoms with van der Waals surface area (Å²) in [5.74, 6) is 1.28. The zero-order valence-electron chi connectivity index (χ0n) is 11.0. The van der Waals surface area contributed by atoms with Gasteiger partial charge in [-0.05, 0) is 46.7 Å². The molecule has 2 atom stereocenters. The highest BCUT2D eigenvalue weighted by Gasteiger charge is 2.37. The summed E-state index contributed by atoms with van der Waals surface area (Å²) in [5, 5.41) is 0.473. The van der Waals surface area contributed by atoms with Crippen LogP contribution < -0.4 is 0 Å². The molecule has 1 aliphatic carbocycles. The summed E-state index contributed by atoms with van der Waals surface area (Å²) >= 11 is 10.5. The maximum atomic E-state index is 12.7. The van der Waals surface area contributed by atoms with Gasteiger partial charge in [0.05, 0.1) is 8.81 Å². The average molecular weight is 399 g/mol. The Balaban J connectivity index is 1.81. The van der Waals surface area contributed by atoms with Crippen molar-refractivity contribution in [3.05, 3.63) is 14.9 Å². The van der Waals surface area contributed by atoms with Gasteiger partial charge >= 0.3 is 0 Å². The molecular formula is C13H17BrClNO2S2. The first-order valence-corrected chi connectivity index (χ1v) is 10.4. The molecule has 20 heavy (non-hydrogen) atoms. The van der Waals surface area contributed by atoms with Crippen LogP contribution in [-0.2, 0) is 10.0 Å². The fraction of sp³-hybridized carbons (Fsp3) is 0.692. The van der Waals surface area contributed by atoms with Gasteiger partial charge < -0.3 is 0 Å². The van der Waals surface area contributed by atoms with Gasteiger partial charge in [0, 0.05) is 13.1 Å². The maximum absolute atomic E-state index is 12.7. The molecule has 2 aliphatic rings. The Kier molecular flexibility index (Phi) is 4.49. The van der Waals surface area contributed by atoms with E-state index in [1.807, 2.05) is 0 Å². The number of nitrogens with zero attached hydrogens (tertiary/aromatic N) is 1. The second kappa shape index (κ2) is 5.88. The number of thiophene rings is 1. The van der Waals surface area contributed by atoms with E-state index in [2.05, 4.69) is 15.9 Å². The smallest absolute Gasteiger partial charge is 0.206 e. The van der Waals surface area contributed by atoms with Gasteiger partial charge in [0.15, 0.2) is 0 Å². The molecule has 112 valence electrons. The van der Waals surface area contributed by atoms with Gasteiger partial charge in [0.2, 0.25) is 0 Å². The largest absolute Gasteiger partial charge is 0.252 e. The molecule has 3 nitrogen and oxygen atoms in total. The molecule has 0 amide bonds. The first-order valence-electron chi connectivity index (χ1n) is 6.93. The van der Waals surface area contributed by atoms with Crippen molar-refractivity contribution in [2.45, 2.75) is 36.3 Å². The maximum Gasteiger partial charge on any atom is 0.252 e. The molecular weight excluding hydrogens is 382 g/mol. The van der Waals surface area contributed by atoms with Gasteiger partial charge in [-0.3, -0.25) is 0 Å². The van der Waals surface area contributed by atoms with Crippen LogP contribution >= 0.6 is 38.9 Å². The molecule has 0 N–H and O–H groups in total. The number of hydrogen-bond donors (Lipinski definition) is 0. The van der Waals surface area contributed by atoms with Crippen LogP contribution in [0.4, 0.5) is 0 Å². The highest BCUT2D eigenvalue weighted by Crippen LogP contribution is 2.40. The quantitative estimate of drug-likeness (QED) is 0.742. The van der Waals surface area contributed by atoms with E-state index in [0.717, 1.165) is 12.3 Å². The summed E-state index contributed by atoms with van der Waals surface area (Å²) < 4.78 is 28.1. The summed E-state index contributed by atoms with van der Waals surface area (Å²) in [5.41, 5.74) is 0. The Morgan fingerprint density at radius 2 is 1.95 bits per heavy atom. The number of fused-ring (bicyclic) bond motifs is 1. The van der Waals surface area contributed by atoms with Crippen molar-refractivity contribution in [3.8, 4) is 0 Å². The number of rotatable bonds is 2. The van der Waals surface area contributed by atoms with Crippen molar-refractivity contribution in [1.82, 2.24) is 4.31 Å². The number of hydrogen-bond acceptors (Lipinski definition) is 3. The summed E-state index contributed by atoms with van der Waals surface area (Å²) in [7, 11) is -3.38. The standard InChI is InChI=1S/C13H17BrClNO2S2/c14-13-11(15)7-12(19-13)20(17,18)16-6-5-9-3-1-2-4-10(9)8-16/h7,9-10H,1-6,8H2. The highest BCUT2D eigenvalue weighted by molar-refractivity contribution is 9.11. The van der Waals surface area contributed by atoms with Crippen molar-refractivity contribution >= 4 is 48.9 Å². The fourth-order valence-electron chi connectivity index (χ4n) is 3.37. The zero-order valence-corrected chi connectivity index (χ0v) is 15.0. The minimum atomic E-state index is -3.38. The third-order valence-electron chi connectivity index (χ3n) is 4.47. The molecule has 2 heterocycles. The summed E-state index contributed by atoms with van der Waals surface area (Å²) in [6, 6.07) is 1.55. The van der Waals surface area contributed by atoms with Crippen LogP contribution in [0.3, 0.4) is 0 Å². The summed E-state index contributed by atoms with van der Waals surface area (Å²) in [4.78, 5) is 0. The van der Waals surface area contributed by atoms with Crippen LogP contribution in [0.25, 0.3) is 0 Å². The van der Waals surface area contributed by atoms with E-state index >= 15 is 0 Å². The van der Waals surface area contributed by atoms with Crippen LogP contribution in [0.15, 0.2) is 14.1 Å². The molecule has 0 aromatic carbocycles. The SMILES string of the molecule is O=S(=O)(c1cc(Cl)c(Br)s1)N1CCC2CCCCC2C1. The molecule has 2 unspecified atom stereocenters. The minimum Gasteiger partial charge on any atom is -0.206 e. The molecule has 0 spiro atoms. The van der Waals surface area contributed by atoms with E-state index in [0.29, 0.717) is 32.0 Å². The minimum absolute atomic E-state index is 0.351. The fourth-order valence-corrected chi connectivity index (χ4v) is 7.43. The molecule has 0 radical (unpaired) electrons. The van der Waals surface area contributed by atoms with E-state index in [1.54, 1.807) is 10.4 Å². The van der Waals surface area contributed by atoms with Gasteiger partial charge in [-0.1, -0.05) is 30.9 Å². The Labute approximate surface area is 137 Å². The first-order chi connectivity index (χ1) is 9.48. The number of halogens is 2. The van der Waals surface area contributed by atoms with E-state index in [9.17, 15) is 8.42 Å². The molecule has 1 aromatic rings. The van der Waals surface area contributed by atoms with E-state index in [1.165, 1.54) is 37.0 Å².